The summed E-state index contributed by atoms with van der Waals surface area (Å²) < 4.78 is 8.40. The van der Waals surface area contributed by atoms with E-state index in [4.69, 9.17) is 4.74 Å². The molecule has 2 aromatic heterocycles. The van der Waals surface area contributed by atoms with Gasteiger partial charge in [-0.05, 0) is 37.6 Å². The minimum Gasteiger partial charge on any atom is -0.494 e. The number of ether oxygens (including phenoxy) is 1. The van der Waals surface area contributed by atoms with Crippen LogP contribution in [0.3, 0.4) is 0 Å². The van der Waals surface area contributed by atoms with E-state index in [0.717, 1.165) is 32.9 Å². The number of aromatic nitrogens is 4. The third-order valence-electron chi connectivity index (χ3n) is 4.47. The van der Waals surface area contributed by atoms with Crippen LogP contribution >= 0.6 is 23.1 Å². The quantitative estimate of drug-likeness (QED) is 0.426. The van der Waals surface area contributed by atoms with Gasteiger partial charge in [0.05, 0.1) is 22.6 Å². The molecule has 4 aromatic rings. The highest BCUT2D eigenvalue weighted by Crippen LogP contribution is 2.30. The average Bonchev–Trinajstić information content (AvgIpc) is 3.29. The standard InChI is InChI=1S/C21H21N5O2S2/c1-4-28-14-9-10-16-17(11-14)30-20(22-16)23-18(27)12-29-21-25-24-19(26(21)3)15-8-6-5-7-13(15)2/h5-11H,4,12H2,1-3H3,(H,22,23,27). The SMILES string of the molecule is CCOc1ccc2nc(NC(=O)CSc3nnc(-c4ccccc4C)n3C)sc2c1. The average molecular weight is 440 g/mol. The van der Waals surface area contributed by atoms with Crippen LogP contribution in [0.5, 0.6) is 5.75 Å². The highest BCUT2D eigenvalue weighted by molar-refractivity contribution is 7.99. The molecular formula is C21H21N5O2S2. The number of nitrogens with zero attached hydrogens (tertiary/aromatic N) is 4. The Labute approximate surface area is 182 Å². The van der Waals surface area contributed by atoms with Crippen molar-refractivity contribution in [3.8, 4) is 17.1 Å². The molecule has 0 unspecified atom stereocenters. The summed E-state index contributed by atoms with van der Waals surface area (Å²) in [6.07, 6.45) is 0. The first-order valence-corrected chi connectivity index (χ1v) is 11.3. The lowest BCUT2D eigenvalue weighted by molar-refractivity contribution is -0.113. The van der Waals surface area contributed by atoms with Crippen molar-refractivity contribution in [1.82, 2.24) is 19.7 Å². The summed E-state index contributed by atoms with van der Waals surface area (Å²) in [5.41, 5.74) is 3.00. The summed E-state index contributed by atoms with van der Waals surface area (Å²) in [6.45, 7) is 4.60. The van der Waals surface area contributed by atoms with Crippen molar-refractivity contribution in [3.05, 3.63) is 48.0 Å². The number of thioether (sulfide) groups is 1. The predicted molar refractivity (Wildman–Crippen MR) is 121 cm³/mol. The van der Waals surface area contributed by atoms with E-state index < -0.39 is 0 Å². The minimum atomic E-state index is -0.135. The van der Waals surface area contributed by atoms with Gasteiger partial charge in [0.25, 0.3) is 0 Å². The number of amides is 1. The molecule has 1 amide bonds. The fourth-order valence-electron chi connectivity index (χ4n) is 3.00. The van der Waals surface area contributed by atoms with Gasteiger partial charge in [0.1, 0.15) is 5.75 Å². The molecular weight excluding hydrogens is 418 g/mol. The van der Waals surface area contributed by atoms with Crippen LogP contribution in [0.4, 0.5) is 5.13 Å². The second-order valence-electron chi connectivity index (χ2n) is 6.60. The van der Waals surface area contributed by atoms with Crippen LogP contribution in [-0.2, 0) is 11.8 Å². The molecule has 154 valence electrons. The van der Waals surface area contributed by atoms with Gasteiger partial charge in [-0.15, -0.1) is 10.2 Å². The summed E-state index contributed by atoms with van der Waals surface area (Å²) >= 11 is 2.77. The van der Waals surface area contributed by atoms with Crippen molar-refractivity contribution in [3.63, 3.8) is 0 Å². The number of hydrogen-bond acceptors (Lipinski definition) is 7. The largest absolute Gasteiger partial charge is 0.494 e. The predicted octanol–water partition coefficient (Wildman–Crippen LogP) is 4.53. The third-order valence-corrected chi connectivity index (χ3v) is 6.42. The van der Waals surface area contributed by atoms with Gasteiger partial charge in [-0.3, -0.25) is 4.79 Å². The number of aryl methyl sites for hydroxylation is 1. The molecule has 4 rings (SSSR count). The second-order valence-corrected chi connectivity index (χ2v) is 8.57. The molecule has 2 aromatic carbocycles. The molecule has 0 spiro atoms. The fourth-order valence-corrected chi connectivity index (χ4v) is 4.62. The van der Waals surface area contributed by atoms with Crippen LogP contribution in [0, 0.1) is 6.92 Å². The molecule has 0 aliphatic rings. The van der Waals surface area contributed by atoms with E-state index in [2.05, 4.69) is 20.5 Å². The highest BCUT2D eigenvalue weighted by atomic mass is 32.2. The van der Waals surface area contributed by atoms with Crippen molar-refractivity contribution >= 4 is 44.4 Å². The van der Waals surface area contributed by atoms with Gasteiger partial charge in [-0.1, -0.05) is 47.4 Å². The maximum atomic E-state index is 12.4. The molecule has 0 fully saturated rings. The Hall–Kier alpha value is -2.91. The monoisotopic (exact) mass is 439 g/mol. The number of fused-ring (bicyclic) bond motifs is 1. The highest BCUT2D eigenvalue weighted by Gasteiger charge is 2.15. The molecule has 0 aliphatic heterocycles. The Morgan fingerprint density at radius 3 is 2.87 bits per heavy atom. The molecule has 0 aliphatic carbocycles. The molecule has 0 saturated heterocycles. The number of hydrogen-bond donors (Lipinski definition) is 1. The fraction of sp³-hybridized carbons (Fsp3) is 0.238. The third kappa shape index (κ3) is 4.31. The van der Waals surface area contributed by atoms with Crippen molar-refractivity contribution in [2.45, 2.75) is 19.0 Å². The second kappa shape index (κ2) is 8.85. The van der Waals surface area contributed by atoms with E-state index in [-0.39, 0.29) is 11.7 Å². The van der Waals surface area contributed by atoms with Crippen molar-refractivity contribution in [1.29, 1.82) is 0 Å². The molecule has 0 radical (unpaired) electrons. The van der Waals surface area contributed by atoms with E-state index in [9.17, 15) is 4.79 Å². The van der Waals surface area contributed by atoms with E-state index in [1.54, 1.807) is 0 Å². The first-order chi connectivity index (χ1) is 14.5. The molecule has 7 nitrogen and oxygen atoms in total. The molecule has 30 heavy (non-hydrogen) atoms. The number of nitrogens with one attached hydrogen (secondary N) is 1. The number of anilines is 1. The zero-order chi connectivity index (χ0) is 21.1. The van der Waals surface area contributed by atoms with E-state index in [0.29, 0.717) is 16.9 Å². The van der Waals surface area contributed by atoms with Crippen molar-refractivity contribution < 1.29 is 9.53 Å². The van der Waals surface area contributed by atoms with E-state index in [1.807, 2.05) is 67.9 Å². The van der Waals surface area contributed by atoms with Gasteiger partial charge in [0, 0.05) is 12.6 Å². The van der Waals surface area contributed by atoms with Crippen LogP contribution < -0.4 is 10.1 Å². The van der Waals surface area contributed by atoms with Crippen molar-refractivity contribution in [2.24, 2.45) is 7.05 Å². The number of rotatable bonds is 7. The minimum absolute atomic E-state index is 0.135. The molecule has 9 heteroatoms. The van der Waals surface area contributed by atoms with E-state index in [1.165, 1.54) is 23.1 Å². The zero-order valence-electron chi connectivity index (χ0n) is 16.9. The normalized spacial score (nSPS) is 11.0. The van der Waals surface area contributed by atoms with Gasteiger partial charge >= 0.3 is 0 Å². The lowest BCUT2D eigenvalue weighted by Gasteiger charge is -2.06. The summed E-state index contributed by atoms with van der Waals surface area (Å²) in [7, 11) is 1.91. The van der Waals surface area contributed by atoms with Crippen LogP contribution in [0.2, 0.25) is 0 Å². The number of carbonyl (C=O) groups is 1. The summed E-state index contributed by atoms with van der Waals surface area (Å²) in [6, 6.07) is 13.8. The maximum absolute atomic E-state index is 12.4. The summed E-state index contributed by atoms with van der Waals surface area (Å²) in [5.74, 6) is 1.67. The lowest BCUT2D eigenvalue weighted by Crippen LogP contribution is -2.14. The molecule has 0 saturated carbocycles. The van der Waals surface area contributed by atoms with Crippen LogP contribution in [0.15, 0.2) is 47.6 Å². The van der Waals surface area contributed by atoms with Crippen LogP contribution in [0.25, 0.3) is 21.6 Å². The lowest BCUT2D eigenvalue weighted by atomic mass is 10.1. The first-order valence-electron chi connectivity index (χ1n) is 9.46. The topological polar surface area (TPSA) is 81.9 Å². The molecule has 1 N–H and O–H groups in total. The smallest absolute Gasteiger partial charge is 0.236 e. The van der Waals surface area contributed by atoms with E-state index >= 15 is 0 Å². The number of carbonyl (C=O) groups excluding carboxylic acids is 1. The Morgan fingerprint density at radius 2 is 2.07 bits per heavy atom. The van der Waals surface area contributed by atoms with Gasteiger partial charge < -0.3 is 14.6 Å². The first kappa shape index (κ1) is 20.4. The molecule has 2 heterocycles. The van der Waals surface area contributed by atoms with Gasteiger partial charge in [-0.25, -0.2) is 4.98 Å². The summed E-state index contributed by atoms with van der Waals surface area (Å²) in [4.78, 5) is 16.9. The molecule has 0 bridgehead atoms. The summed E-state index contributed by atoms with van der Waals surface area (Å²) in [5, 5.41) is 12.7. The number of benzene rings is 2. The Balaban J connectivity index is 1.41. The molecule has 0 atom stereocenters. The van der Waals surface area contributed by atoms with Gasteiger partial charge in [0.15, 0.2) is 16.1 Å². The Bertz CT molecular complexity index is 1200. The van der Waals surface area contributed by atoms with Crippen LogP contribution in [0.1, 0.15) is 12.5 Å². The maximum Gasteiger partial charge on any atom is 0.236 e. The Morgan fingerprint density at radius 1 is 1.23 bits per heavy atom. The number of thiazole rings is 1. The van der Waals surface area contributed by atoms with Gasteiger partial charge in [-0.2, -0.15) is 0 Å². The Kier molecular flexibility index (Phi) is 6.01. The zero-order valence-corrected chi connectivity index (χ0v) is 18.5. The van der Waals surface area contributed by atoms with Crippen molar-refractivity contribution in [2.75, 3.05) is 17.7 Å². The van der Waals surface area contributed by atoms with Crippen LogP contribution in [-0.4, -0.2) is 38.0 Å². The van der Waals surface area contributed by atoms with Gasteiger partial charge in [0.2, 0.25) is 5.91 Å².